The number of rotatable bonds is 2. The molecule has 0 radical (unpaired) electrons. The Labute approximate surface area is 118 Å². The van der Waals surface area contributed by atoms with Crippen LogP contribution in [0.2, 0.25) is 0 Å². The van der Waals surface area contributed by atoms with Crippen molar-refractivity contribution >= 4 is 40.5 Å². The van der Waals surface area contributed by atoms with Gasteiger partial charge in [0.2, 0.25) is 0 Å². The number of carbonyl (C=O) groups is 2. The standard InChI is InChI=1S/C13H10N2O2S2/c1-7-6-18-13(14-7)19-8-3-4-9-10(5-8)15(2)12(17)11(9)16/h3-6H,1-2H3. The van der Waals surface area contributed by atoms with E-state index in [2.05, 4.69) is 4.98 Å². The summed E-state index contributed by atoms with van der Waals surface area (Å²) in [7, 11) is 1.62. The van der Waals surface area contributed by atoms with Crippen LogP contribution in [0.5, 0.6) is 0 Å². The molecule has 0 aliphatic carbocycles. The van der Waals surface area contributed by atoms with Gasteiger partial charge < -0.3 is 4.90 Å². The lowest BCUT2D eigenvalue weighted by atomic mass is 10.1. The van der Waals surface area contributed by atoms with Gasteiger partial charge in [-0.3, -0.25) is 9.59 Å². The minimum absolute atomic E-state index is 0.431. The van der Waals surface area contributed by atoms with Crippen LogP contribution >= 0.6 is 23.1 Å². The minimum atomic E-state index is -0.470. The van der Waals surface area contributed by atoms with Crippen LogP contribution in [0.1, 0.15) is 16.1 Å². The molecule has 0 bridgehead atoms. The zero-order valence-corrected chi connectivity index (χ0v) is 12.0. The summed E-state index contributed by atoms with van der Waals surface area (Å²) in [5.41, 5.74) is 2.15. The SMILES string of the molecule is Cc1csc(Sc2ccc3c(c2)N(C)C(=O)C3=O)n1. The number of Topliss-reactive ketones (excluding diaryl/α,β-unsaturated/α-hetero) is 1. The molecule has 2 heterocycles. The number of fused-ring (bicyclic) bond motifs is 1. The Kier molecular flexibility index (Phi) is 2.91. The van der Waals surface area contributed by atoms with Crippen molar-refractivity contribution in [1.82, 2.24) is 4.98 Å². The number of ketones is 1. The fourth-order valence-corrected chi connectivity index (χ4v) is 3.75. The number of hydrogen-bond acceptors (Lipinski definition) is 5. The van der Waals surface area contributed by atoms with Gasteiger partial charge in [0.25, 0.3) is 11.7 Å². The van der Waals surface area contributed by atoms with Gasteiger partial charge >= 0.3 is 0 Å². The summed E-state index contributed by atoms with van der Waals surface area (Å²) in [5, 5.41) is 1.99. The molecule has 2 aromatic rings. The highest BCUT2D eigenvalue weighted by Crippen LogP contribution is 2.36. The molecule has 96 valence electrons. The van der Waals surface area contributed by atoms with Crippen molar-refractivity contribution in [2.24, 2.45) is 0 Å². The molecule has 0 saturated heterocycles. The number of nitrogens with zero attached hydrogens (tertiary/aromatic N) is 2. The van der Waals surface area contributed by atoms with E-state index < -0.39 is 11.7 Å². The maximum absolute atomic E-state index is 11.7. The first-order valence-corrected chi connectivity index (χ1v) is 7.32. The van der Waals surface area contributed by atoms with Crippen molar-refractivity contribution < 1.29 is 9.59 Å². The summed E-state index contributed by atoms with van der Waals surface area (Å²) >= 11 is 3.12. The highest BCUT2D eigenvalue weighted by molar-refractivity contribution is 8.01. The second kappa shape index (κ2) is 4.47. The topological polar surface area (TPSA) is 50.3 Å². The zero-order chi connectivity index (χ0) is 13.6. The Bertz CT molecular complexity index is 694. The summed E-state index contributed by atoms with van der Waals surface area (Å²) in [6.45, 7) is 1.95. The first-order chi connectivity index (χ1) is 9.06. The maximum atomic E-state index is 11.7. The molecule has 0 saturated carbocycles. The lowest BCUT2D eigenvalue weighted by Crippen LogP contribution is -2.24. The number of amides is 1. The van der Waals surface area contributed by atoms with E-state index in [0.29, 0.717) is 11.3 Å². The number of anilines is 1. The Balaban J connectivity index is 1.95. The molecule has 6 heteroatoms. The van der Waals surface area contributed by atoms with Crippen molar-refractivity contribution in [3.8, 4) is 0 Å². The Morgan fingerprint density at radius 1 is 1.32 bits per heavy atom. The predicted molar refractivity (Wildman–Crippen MR) is 75.2 cm³/mol. The number of carbonyl (C=O) groups excluding carboxylic acids is 2. The van der Waals surface area contributed by atoms with Crippen molar-refractivity contribution in [3.63, 3.8) is 0 Å². The summed E-state index contributed by atoms with van der Waals surface area (Å²) in [6.07, 6.45) is 0. The number of aromatic nitrogens is 1. The minimum Gasteiger partial charge on any atom is -0.308 e. The molecular formula is C13H10N2O2S2. The largest absolute Gasteiger partial charge is 0.308 e. The molecule has 0 N–H and O–H groups in total. The molecular weight excluding hydrogens is 280 g/mol. The van der Waals surface area contributed by atoms with Gasteiger partial charge in [0.1, 0.15) is 0 Å². The average Bonchev–Trinajstić information content (AvgIpc) is 2.89. The molecule has 0 unspecified atom stereocenters. The highest BCUT2D eigenvalue weighted by atomic mass is 32.2. The van der Waals surface area contributed by atoms with Crippen molar-refractivity contribution in [2.45, 2.75) is 16.2 Å². The Morgan fingerprint density at radius 2 is 2.11 bits per heavy atom. The van der Waals surface area contributed by atoms with Gasteiger partial charge in [0.15, 0.2) is 4.34 Å². The molecule has 4 nitrogen and oxygen atoms in total. The second-order valence-corrected chi connectivity index (χ2v) is 6.41. The molecule has 19 heavy (non-hydrogen) atoms. The van der Waals surface area contributed by atoms with Crippen molar-refractivity contribution in [3.05, 3.63) is 34.8 Å². The van der Waals surface area contributed by atoms with E-state index in [-0.39, 0.29) is 0 Å². The van der Waals surface area contributed by atoms with E-state index in [0.717, 1.165) is 14.9 Å². The van der Waals surface area contributed by atoms with Gasteiger partial charge in [-0.25, -0.2) is 4.98 Å². The van der Waals surface area contributed by atoms with Crippen LogP contribution in [-0.2, 0) is 4.79 Å². The van der Waals surface area contributed by atoms with E-state index >= 15 is 0 Å². The van der Waals surface area contributed by atoms with E-state index in [1.165, 1.54) is 16.7 Å². The molecule has 1 aliphatic heterocycles. The number of benzene rings is 1. The summed E-state index contributed by atoms with van der Waals surface area (Å²) in [5.74, 6) is -0.901. The van der Waals surface area contributed by atoms with E-state index in [4.69, 9.17) is 0 Å². The van der Waals surface area contributed by atoms with Crippen molar-refractivity contribution in [1.29, 1.82) is 0 Å². The third-order valence-corrected chi connectivity index (χ3v) is 4.92. The lowest BCUT2D eigenvalue weighted by Gasteiger charge is -2.09. The molecule has 0 spiro atoms. The van der Waals surface area contributed by atoms with Crippen LogP contribution in [0.25, 0.3) is 0 Å². The molecule has 1 aromatic heterocycles. The molecule has 0 atom stereocenters. The maximum Gasteiger partial charge on any atom is 0.299 e. The number of thiazole rings is 1. The number of likely N-dealkylation sites (N-methyl/N-ethyl adjacent to an activating group) is 1. The van der Waals surface area contributed by atoms with Gasteiger partial charge in [0.05, 0.1) is 11.3 Å². The van der Waals surface area contributed by atoms with Crippen LogP contribution in [0.4, 0.5) is 5.69 Å². The highest BCUT2D eigenvalue weighted by Gasteiger charge is 2.33. The Morgan fingerprint density at radius 3 is 2.79 bits per heavy atom. The van der Waals surface area contributed by atoms with Crippen LogP contribution < -0.4 is 4.90 Å². The lowest BCUT2D eigenvalue weighted by molar-refractivity contribution is -0.114. The average molecular weight is 290 g/mol. The van der Waals surface area contributed by atoms with E-state index in [1.54, 1.807) is 24.5 Å². The van der Waals surface area contributed by atoms with Gasteiger partial charge in [-0.1, -0.05) is 11.8 Å². The van der Waals surface area contributed by atoms with Crippen LogP contribution in [0.15, 0.2) is 32.8 Å². The fourth-order valence-electron chi connectivity index (χ4n) is 1.90. The first kappa shape index (κ1) is 12.4. The number of hydrogen-bond donors (Lipinski definition) is 0. The molecule has 0 fully saturated rings. The molecule has 1 aliphatic rings. The van der Waals surface area contributed by atoms with Crippen LogP contribution in [-0.4, -0.2) is 23.7 Å². The van der Waals surface area contributed by atoms with Gasteiger partial charge in [-0.15, -0.1) is 11.3 Å². The van der Waals surface area contributed by atoms with Crippen LogP contribution in [0.3, 0.4) is 0 Å². The first-order valence-electron chi connectivity index (χ1n) is 5.62. The monoisotopic (exact) mass is 290 g/mol. The second-order valence-electron chi connectivity index (χ2n) is 4.23. The van der Waals surface area contributed by atoms with E-state index in [9.17, 15) is 9.59 Å². The fraction of sp³-hybridized carbons (Fsp3) is 0.154. The summed E-state index contributed by atoms with van der Waals surface area (Å²) < 4.78 is 0.954. The molecule has 1 amide bonds. The normalized spacial score (nSPS) is 14.1. The van der Waals surface area contributed by atoms with Crippen molar-refractivity contribution in [2.75, 3.05) is 11.9 Å². The predicted octanol–water partition coefficient (Wildman–Crippen LogP) is 2.76. The molecule has 3 rings (SSSR count). The summed E-state index contributed by atoms with van der Waals surface area (Å²) in [4.78, 5) is 30.0. The summed E-state index contributed by atoms with van der Waals surface area (Å²) in [6, 6.07) is 5.42. The number of aryl methyl sites for hydroxylation is 1. The van der Waals surface area contributed by atoms with Gasteiger partial charge in [-0.05, 0) is 25.1 Å². The zero-order valence-electron chi connectivity index (χ0n) is 10.3. The third kappa shape index (κ3) is 2.06. The third-order valence-electron chi connectivity index (χ3n) is 2.88. The smallest absolute Gasteiger partial charge is 0.299 e. The van der Waals surface area contributed by atoms with Gasteiger partial charge in [0, 0.05) is 23.0 Å². The van der Waals surface area contributed by atoms with Gasteiger partial charge in [-0.2, -0.15) is 0 Å². The van der Waals surface area contributed by atoms with Crippen LogP contribution in [0, 0.1) is 6.92 Å². The quantitative estimate of drug-likeness (QED) is 0.798. The molecule has 1 aromatic carbocycles. The van der Waals surface area contributed by atoms with E-state index in [1.807, 2.05) is 24.4 Å². The Hall–Kier alpha value is -1.66.